The maximum atomic E-state index is 12.6. The number of amides is 1. The van der Waals surface area contributed by atoms with Crippen molar-refractivity contribution in [3.63, 3.8) is 0 Å². The second-order valence-corrected chi connectivity index (χ2v) is 6.44. The zero-order chi connectivity index (χ0) is 17.3. The smallest absolute Gasteiger partial charge is 0.308 e. The second kappa shape index (κ2) is 6.63. The Morgan fingerprint density at radius 3 is 2.67 bits per heavy atom. The van der Waals surface area contributed by atoms with Gasteiger partial charge in [0, 0.05) is 18.5 Å². The SMILES string of the molecule is COC(=O)C1CCN(C(=O)Cc2noc3c(C)cc(C)cc23)CC1. The molecule has 3 rings (SSSR count). The van der Waals surface area contributed by atoms with Gasteiger partial charge in [0.2, 0.25) is 5.91 Å². The van der Waals surface area contributed by atoms with Crippen molar-refractivity contribution >= 4 is 22.8 Å². The highest BCUT2D eigenvalue weighted by Crippen LogP contribution is 2.25. The van der Waals surface area contributed by atoms with Crippen LogP contribution in [0.25, 0.3) is 11.0 Å². The van der Waals surface area contributed by atoms with E-state index in [1.165, 1.54) is 7.11 Å². The normalized spacial score (nSPS) is 15.7. The van der Waals surface area contributed by atoms with Crippen LogP contribution in [0.5, 0.6) is 0 Å². The number of carbonyl (C=O) groups is 2. The van der Waals surface area contributed by atoms with Crippen molar-refractivity contribution in [2.24, 2.45) is 5.92 Å². The Kier molecular flexibility index (Phi) is 4.55. The number of ether oxygens (including phenoxy) is 1. The summed E-state index contributed by atoms with van der Waals surface area (Å²) in [5.74, 6) is -0.263. The summed E-state index contributed by atoms with van der Waals surface area (Å²) in [5, 5.41) is 5.00. The molecule has 0 atom stereocenters. The summed E-state index contributed by atoms with van der Waals surface area (Å²) in [6.45, 7) is 5.14. The lowest BCUT2D eigenvalue weighted by molar-refractivity contribution is -0.148. The number of carbonyl (C=O) groups excluding carboxylic acids is 2. The van der Waals surface area contributed by atoms with Gasteiger partial charge in [0.05, 0.1) is 19.4 Å². The van der Waals surface area contributed by atoms with Crippen LogP contribution in [0.15, 0.2) is 16.7 Å². The Balaban J connectivity index is 1.69. The summed E-state index contributed by atoms with van der Waals surface area (Å²) in [6.07, 6.45) is 1.52. The van der Waals surface area contributed by atoms with Crippen molar-refractivity contribution < 1.29 is 18.8 Å². The third-order valence-corrected chi connectivity index (χ3v) is 4.68. The van der Waals surface area contributed by atoms with Crippen molar-refractivity contribution in [2.45, 2.75) is 33.1 Å². The number of esters is 1. The van der Waals surface area contributed by atoms with Crippen LogP contribution in [-0.2, 0) is 20.7 Å². The van der Waals surface area contributed by atoms with E-state index >= 15 is 0 Å². The van der Waals surface area contributed by atoms with E-state index in [0.29, 0.717) is 31.6 Å². The molecule has 1 aliphatic heterocycles. The first kappa shape index (κ1) is 16.5. The zero-order valence-corrected chi connectivity index (χ0v) is 14.3. The molecule has 2 heterocycles. The van der Waals surface area contributed by atoms with Crippen LogP contribution in [0.2, 0.25) is 0 Å². The number of rotatable bonds is 3. The van der Waals surface area contributed by atoms with Crippen molar-refractivity contribution in [3.8, 4) is 0 Å². The summed E-state index contributed by atoms with van der Waals surface area (Å²) in [6, 6.07) is 4.04. The van der Waals surface area contributed by atoms with Crippen LogP contribution in [0.1, 0.15) is 29.7 Å². The lowest BCUT2D eigenvalue weighted by atomic mass is 9.96. The number of piperidine rings is 1. The predicted octanol–water partition coefficient (Wildman–Crippen LogP) is 2.40. The third kappa shape index (κ3) is 3.13. The molecule has 1 aromatic heterocycles. The summed E-state index contributed by atoms with van der Waals surface area (Å²) >= 11 is 0. The molecule has 1 fully saturated rings. The fourth-order valence-electron chi connectivity index (χ4n) is 3.35. The minimum atomic E-state index is -0.185. The molecule has 0 aliphatic carbocycles. The first-order valence-electron chi connectivity index (χ1n) is 8.20. The number of aryl methyl sites for hydroxylation is 2. The maximum Gasteiger partial charge on any atom is 0.308 e. The van der Waals surface area contributed by atoms with Crippen LogP contribution >= 0.6 is 0 Å². The average molecular weight is 330 g/mol. The molecule has 0 radical (unpaired) electrons. The minimum Gasteiger partial charge on any atom is -0.469 e. The predicted molar refractivity (Wildman–Crippen MR) is 88.5 cm³/mol. The zero-order valence-electron chi connectivity index (χ0n) is 14.3. The van der Waals surface area contributed by atoms with Crippen molar-refractivity contribution in [2.75, 3.05) is 20.2 Å². The maximum absolute atomic E-state index is 12.6. The molecule has 24 heavy (non-hydrogen) atoms. The number of nitrogens with zero attached hydrogens (tertiary/aromatic N) is 2. The van der Waals surface area contributed by atoms with Gasteiger partial charge in [0.25, 0.3) is 0 Å². The molecule has 1 aliphatic rings. The monoisotopic (exact) mass is 330 g/mol. The van der Waals surface area contributed by atoms with Gasteiger partial charge in [-0.15, -0.1) is 0 Å². The van der Waals surface area contributed by atoms with E-state index < -0.39 is 0 Å². The topological polar surface area (TPSA) is 72.6 Å². The van der Waals surface area contributed by atoms with Gasteiger partial charge in [0.1, 0.15) is 5.69 Å². The number of fused-ring (bicyclic) bond motifs is 1. The molecular formula is C18H22N2O4. The fraction of sp³-hybridized carbons (Fsp3) is 0.500. The van der Waals surface area contributed by atoms with Gasteiger partial charge in [-0.2, -0.15) is 0 Å². The molecular weight excluding hydrogens is 308 g/mol. The molecule has 128 valence electrons. The van der Waals surface area contributed by atoms with E-state index in [9.17, 15) is 9.59 Å². The summed E-state index contributed by atoms with van der Waals surface area (Å²) in [4.78, 5) is 25.9. The quantitative estimate of drug-likeness (QED) is 0.808. The van der Waals surface area contributed by atoms with Crippen molar-refractivity contribution in [3.05, 3.63) is 29.0 Å². The molecule has 0 unspecified atom stereocenters. The molecule has 1 aromatic carbocycles. The molecule has 0 N–H and O–H groups in total. The molecule has 0 saturated carbocycles. The van der Waals surface area contributed by atoms with E-state index in [1.54, 1.807) is 4.90 Å². The average Bonchev–Trinajstić information content (AvgIpc) is 2.97. The van der Waals surface area contributed by atoms with Crippen molar-refractivity contribution in [1.29, 1.82) is 0 Å². The van der Waals surface area contributed by atoms with Crippen LogP contribution in [0, 0.1) is 19.8 Å². The Hall–Kier alpha value is -2.37. The van der Waals surface area contributed by atoms with Crippen LogP contribution in [-0.4, -0.2) is 42.1 Å². The van der Waals surface area contributed by atoms with E-state index in [-0.39, 0.29) is 24.2 Å². The van der Waals surface area contributed by atoms with Gasteiger partial charge in [0.15, 0.2) is 5.58 Å². The number of hydrogen-bond donors (Lipinski definition) is 0. The molecule has 1 amide bonds. The van der Waals surface area contributed by atoms with Gasteiger partial charge in [-0.05, 0) is 43.9 Å². The highest BCUT2D eigenvalue weighted by Gasteiger charge is 2.28. The molecule has 6 nitrogen and oxygen atoms in total. The lowest BCUT2D eigenvalue weighted by Crippen LogP contribution is -2.41. The van der Waals surface area contributed by atoms with Crippen molar-refractivity contribution in [1.82, 2.24) is 10.1 Å². The molecule has 2 aromatic rings. The number of hydrogen-bond acceptors (Lipinski definition) is 5. The van der Waals surface area contributed by atoms with E-state index in [1.807, 2.05) is 26.0 Å². The summed E-state index contributed by atoms with van der Waals surface area (Å²) in [5.41, 5.74) is 3.57. The highest BCUT2D eigenvalue weighted by atomic mass is 16.5. The molecule has 0 spiro atoms. The van der Waals surface area contributed by atoms with Crippen LogP contribution in [0.4, 0.5) is 0 Å². The number of likely N-dealkylation sites (tertiary alicyclic amines) is 1. The summed E-state index contributed by atoms with van der Waals surface area (Å²) in [7, 11) is 1.40. The fourth-order valence-corrected chi connectivity index (χ4v) is 3.35. The standard InChI is InChI=1S/C18H22N2O4/c1-11-8-12(2)17-14(9-11)15(19-24-17)10-16(21)20-6-4-13(5-7-20)18(22)23-3/h8-9,13H,4-7,10H2,1-3H3. The first-order valence-corrected chi connectivity index (χ1v) is 8.20. The molecule has 1 saturated heterocycles. The Labute approximate surface area is 140 Å². The largest absolute Gasteiger partial charge is 0.469 e. The van der Waals surface area contributed by atoms with E-state index in [0.717, 1.165) is 22.1 Å². The second-order valence-electron chi connectivity index (χ2n) is 6.44. The molecule has 6 heteroatoms. The third-order valence-electron chi connectivity index (χ3n) is 4.68. The van der Waals surface area contributed by atoms with Gasteiger partial charge in [-0.3, -0.25) is 9.59 Å². The van der Waals surface area contributed by atoms with Gasteiger partial charge in [-0.1, -0.05) is 11.2 Å². The van der Waals surface area contributed by atoms with E-state index in [2.05, 4.69) is 5.16 Å². The lowest BCUT2D eigenvalue weighted by Gasteiger charge is -2.30. The van der Waals surface area contributed by atoms with Crippen LogP contribution < -0.4 is 0 Å². The van der Waals surface area contributed by atoms with E-state index in [4.69, 9.17) is 9.26 Å². The molecule has 0 bridgehead atoms. The number of benzene rings is 1. The Bertz CT molecular complexity index is 773. The van der Waals surface area contributed by atoms with Gasteiger partial charge in [-0.25, -0.2) is 0 Å². The number of aromatic nitrogens is 1. The Morgan fingerprint density at radius 1 is 1.29 bits per heavy atom. The Morgan fingerprint density at radius 2 is 2.00 bits per heavy atom. The van der Waals surface area contributed by atoms with Gasteiger partial charge < -0.3 is 14.2 Å². The summed E-state index contributed by atoms with van der Waals surface area (Å²) < 4.78 is 10.2. The first-order chi connectivity index (χ1) is 11.5. The van der Waals surface area contributed by atoms with Crippen LogP contribution in [0.3, 0.4) is 0 Å². The number of methoxy groups -OCH3 is 1. The highest BCUT2D eigenvalue weighted by molar-refractivity contribution is 5.88. The van der Waals surface area contributed by atoms with Gasteiger partial charge >= 0.3 is 5.97 Å². The minimum absolute atomic E-state index is 0.0210.